The van der Waals surface area contributed by atoms with Gasteiger partial charge in [-0.05, 0) is 36.1 Å². The van der Waals surface area contributed by atoms with Crippen LogP contribution in [0.2, 0.25) is 0 Å². The summed E-state index contributed by atoms with van der Waals surface area (Å²) in [6.07, 6.45) is 1.80. The van der Waals surface area contributed by atoms with Crippen LogP contribution in [0.25, 0.3) is 5.69 Å². The van der Waals surface area contributed by atoms with Crippen LogP contribution in [0, 0.1) is 6.92 Å². The Hall–Kier alpha value is -2.67. The number of amides is 2. The molecule has 0 saturated carbocycles. The summed E-state index contributed by atoms with van der Waals surface area (Å²) in [5.41, 5.74) is 3.52. The molecule has 0 spiro atoms. The molecule has 3 rings (SSSR count). The van der Waals surface area contributed by atoms with E-state index >= 15 is 0 Å². The van der Waals surface area contributed by atoms with E-state index in [9.17, 15) is 4.79 Å². The van der Waals surface area contributed by atoms with Gasteiger partial charge in [0.2, 0.25) is 0 Å². The highest BCUT2D eigenvalue weighted by molar-refractivity contribution is 7.08. The number of thiophene rings is 1. The zero-order chi connectivity index (χ0) is 15.4. The van der Waals surface area contributed by atoms with Crippen molar-refractivity contribution in [1.29, 1.82) is 0 Å². The molecular weight excluding hydrogens is 298 g/mol. The zero-order valence-electron chi connectivity index (χ0n) is 12.0. The van der Waals surface area contributed by atoms with E-state index in [1.807, 2.05) is 48.0 Å². The zero-order valence-corrected chi connectivity index (χ0v) is 12.8. The Bertz CT molecular complexity index is 766. The summed E-state index contributed by atoms with van der Waals surface area (Å²) in [5.74, 6) is 0. The molecule has 0 saturated heterocycles. The average Bonchev–Trinajstić information content (AvgIpc) is 3.16. The van der Waals surface area contributed by atoms with E-state index in [0.717, 1.165) is 16.9 Å². The minimum Gasteiger partial charge on any atom is -0.332 e. The van der Waals surface area contributed by atoms with Crippen molar-refractivity contribution in [3.63, 3.8) is 0 Å². The molecule has 0 unspecified atom stereocenters. The van der Waals surface area contributed by atoms with Gasteiger partial charge in [0.1, 0.15) is 5.69 Å². The largest absolute Gasteiger partial charge is 0.332 e. The fourth-order valence-corrected chi connectivity index (χ4v) is 2.58. The third-order valence-electron chi connectivity index (χ3n) is 3.02. The van der Waals surface area contributed by atoms with Crippen LogP contribution in [-0.4, -0.2) is 21.0 Å². The van der Waals surface area contributed by atoms with Crippen molar-refractivity contribution in [3.05, 3.63) is 58.5 Å². The van der Waals surface area contributed by atoms with Crippen molar-refractivity contribution in [2.75, 3.05) is 5.32 Å². The number of carbonyl (C=O) groups is 1. The molecule has 0 aliphatic carbocycles. The number of nitrogens with one attached hydrogen (secondary N) is 2. The summed E-state index contributed by atoms with van der Waals surface area (Å²) >= 11 is 1.60. The van der Waals surface area contributed by atoms with Crippen LogP contribution in [0.3, 0.4) is 0 Å². The third-order valence-corrected chi connectivity index (χ3v) is 3.69. The molecule has 112 valence electrons. The first-order valence-corrected chi connectivity index (χ1v) is 7.70. The van der Waals surface area contributed by atoms with Crippen LogP contribution in [-0.2, 0) is 6.54 Å². The molecular formula is C15H15N5OS. The number of nitrogens with zero attached hydrogens (tertiary/aromatic N) is 3. The number of hydrogen-bond donors (Lipinski definition) is 2. The first-order valence-electron chi connectivity index (χ1n) is 6.76. The first-order chi connectivity index (χ1) is 10.7. The van der Waals surface area contributed by atoms with Crippen LogP contribution in [0.1, 0.15) is 11.3 Å². The van der Waals surface area contributed by atoms with Crippen molar-refractivity contribution in [3.8, 4) is 5.69 Å². The summed E-state index contributed by atoms with van der Waals surface area (Å²) in [4.78, 5) is 11.9. The monoisotopic (exact) mass is 313 g/mol. The van der Waals surface area contributed by atoms with Gasteiger partial charge in [-0.15, -0.1) is 5.10 Å². The van der Waals surface area contributed by atoms with E-state index in [4.69, 9.17) is 0 Å². The van der Waals surface area contributed by atoms with Gasteiger partial charge < -0.3 is 10.6 Å². The smallest absolute Gasteiger partial charge is 0.319 e. The summed E-state index contributed by atoms with van der Waals surface area (Å²) in [7, 11) is 0. The summed E-state index contributed by atoms with van der Waals surface area (Å²) in [6, 6.07) is 9.33. The van der Waals surface area contributed by atoms with E-state index in [0.29, 0.717) is 12.2 Å². The second kappa shape index (κ2) is 6.40. The van der Waals surface area contributed by atoms with Crippen molar-refractivity contribution < 1.29 is 4.79 Å². The molecule has 0 atom stereocenters. The molecule has 0 aliphatic heterocycles. The SMILES string of the molecule is Cc1cccc(NC(=O)NCc2cn(-c3ccsc3)nn2)c1. The van der Waals surface area contributed by atoms with E-state index < -0.39 is 0 Å². The molecule has 0 radical (unpaired) electrons. The average molecular weight is 313 g/mol. The number of rotatable bonds is 4. The molecule has 2 amide bonds. The Morgan fingerprint density at radius 3 is 3.05 bits per heavy atom. The van der Waals surface area contributed by atoms with Gasteiger partial charge in [-0.1, -0.05) is 17.3 Å². The normalized spacial score (nSPS) is 10.4. The van der Waals surface area contributed by atoms with Gasteiger partial charge in [-0.3, -0.25) is 0 Å². The topological polar surface area (TPSA) is 71.8 Å². The molecule has 0 bridgehead atoms. The number of carbonyl (C=O) groups excluding carboxylic acids is 1. The Balaban J connectivity index is 1.55. The van der Waals surface area contributed by atoms with E-state index in [-0.39, 0.29) is 6.03 Å². The Morgan fingerprint density at radius 1 is 1.36 bits per heavy atom. The van der Waals surface area contributed by atoms with Gasteiger partial charge in [0.25, 0.3) is 0 Å². The minimum atomic E-state index is -0.268. The lowest BCUT2D eigenvalue weighted by Crippen LogP contribution is -2.28. The minimum absolute atomic E-state index is 0.268. The fraction of sp³-hybridized carbons (Fsp3) is 0.133. The van der Waals surface area contributed by atoms with Gasteiger partial charge in [0.05, 0.1) is 18.4 Å². The van der Waals surface area contributed by atoms with E-state index in [2.05, 4.69) is 20.9 Å². The maximum atomic E-state index is 11.9. The lowest BCUT2D eigenvalue weighted by molar-refractivity contribution is 0.251. The highest BCUT2D eigenvalue weighted by atomic mass is 32.1. The predicted octanol–water partition coefficient (Wildman–Crippen LogP) is 2.96. The lowest BCUT2D eigenvalue weighted by Gasteiger charge is -2.06. The summed E-state index contributed by atoms with van der Waals surface area (Å²) in [5, 5.41) is 17.6. The molecule has 2 N–H and O–H groups in total. The second-order valence-corrected chi connectivity index (χ2v) is 5.59. The number of hydrogen-bond acceptors (Lipinski definition) is 4. The van der Waals surface area contributed by atoms with Gasteiger partial charge >= 0.3 is 6.03 Å². The number of aromatic nitrogens is 3. The van der Waals surface area contributed by atoms with Crippen molar-refractivity contribution in [2.24, 2.45) is 0 Å². The quantitative estimate of drug-likeness (QED) is 0.778. The highest BCUT2D eigenvalue weighted by Crippen LogP contribution is 2.11. The molecule has 22 heavy (non-hydrogen) atoms. The molecule has 1 aromatic carbocycles. The van der Waals surface area contributed by atoms with Gasteiger partial charge in [0, 0.05) is 11.1 Å². The van der Waals surface area contributed by atoms with Gasteiger partial charge in [-0.2, -0.15) is 11.3 Å². The molecule has 2 aromatic heterocycles. The molecule has 7 heteroatoms. The number of aryl methyl sites for hydroxylation is 1. The molecule has 0 fully saturated rings. The van der Waals surface area contributed by atoms with Crippen molar-refractivity contribution in [2.45, 2.75) is 13.5 Å². The molecule has 2 heterocycles. The molecule has 6 nitrogen and oxygen atoms in total. The van der Waals surface area contributed by atoms with Crippen LogP contribution in [0.4, 0.5) is 10.5 Å². The predicted molar refractivity (Wildman–Crippen MR) is 86.3 cm³/mol. The molecule has 0 aliphatic rings. The maximum Gasteiger partial charge on any atom is 0.319 e. The van der Waals surface area contributed by atoms with Crippen LogP contribution in [0.15, 0.2) is 47.3 Å². The summed E-state index contributed by atoms with van der Waals surface area (Å²) in [6.45, 7) is 2.30. The number of anilines is 1. The molecule has 3 aromatic rings. The number of urea groups is 1. The number of benzene rings is 1. The van der Waals surface area contributed by atoms with Gasteiger partial charge in [-0.25, -0.2) is 9.48 Å². The summed E-state index contributed by atoms with van der Waals surface area (Å²) < 4.78 is 1.69. The van der Waals surface area contributed by atoms with Crippen LogP contribution < -0.4 is 10.6 Å². The second-order valence-electron chi connectivity index (χ2n) is 4.81. The van der Waals surface area contributed by atoms with Crippen LogP contribution in [0.5, 0.6) is 0 Å². The standard InChI is InChI=1S/C15H15N5OS/c1-11-3-2-4-12(7-11)17-15(21)16-8-13-9-20(19-18-13)14-5-6-22-10-14/h2-7,9-10H,8H2,1H3,(H2,16,17,21). The Kier molecular flexibility index (Phi) is 4.15. The first kappa shape index (κ1) is 14.3. The highest BCUT2D eigenvalue weighted by Gasteiger charge is 2.06. The van der Waals surface area contributed by atoms with E-state index in [1.54, 1.807) is 22.2 Å². The van der Waals surface area contributed by atoms with E-state index in [1.165, 1.54) is 0 Å². The lowest BCUT2D eigenvalue weighted by atomic mass is 10.2. The van der Waals surface area contributed by atoms with Crippen molar-refractivity contribution in [1.82, 2.24) is 20.3 Å². The van der Waals surface area contributed by atoms with Crippen molar-refractivity contribution >= 4 is 23.1 Å². The Labute approximate surface area is 131 Å². The Morgan fingerprint density at radius 2 is 2.27 bits per heavy atom. The maximum absolute atomic E-state index is 11.9. The van der Waals surface area contributed by atoms with Crippen LogP contribution >= 0.6 is 11.3 Å². The van der Waals surface area contributed by atoms with Gasteiger partial charge in [0.15, 0.2) is 0 Å². The fourth-order valence-electron chi connectivity index (χ4n) is 1.96. The third kappa shape index (κ3) is 3.50.